The molecule has 1 aromatic carbocycles. The summed E-state index contributed by atoms with van der Waals surface area (Å²) in [6.45, 7) is 3.27. The Morgan fingerprint density at radius 2 is 2.08 bits per heavy atom. The number of rotatable bonds is 3. The first-order chi connectivity index (χ1) is 11.3. The number of nitrogens with two attached hydrogens (primary N) is 1. The van der Waals surface area contributed by atoms with E-state index in [1.807, 2.05) is 6.07 Å². The highest BCUT2D eigenvalue weighted by atomic mass is 79.9. The Morgan fingerprint density at radius 3 is 2.67 bits per heavy atom. The van der Waals surface area contributed by atoms with Crippen LogP contribution in [0.5, 0.6) is 11.5 Å². The molecule has 1 atom stereocenters. The van der Waals surface area contributed by atoms with E-state index in [-0.39, 0.29) is 50.9 Å². The molecule has 0 spiro atoms. The predicted octanol–water partition coefficient (Wildman–Crippen LogP) is 2.51. The molecule has 7 nitrogen and oxygen atoms in total. The zero-order chi connectivity index (χ0) is 18.0. The van der Waals surface area contributed by atoms with E-state index in [0.717, 1.165) is 0 Å². The summed E-state index contributed by atoms with van der Waals surface area (Å²) in [6.07, 6.45) is 0. The van der Waals surface area contributed by atoms with Crippen LogP contribution in [0, 0.1) is 11.3 Å². The van der Waals surface area contributed by atoms with Gasteiger partial charge in [0, 0.05) is 5.56 Å². The zero-order valence-corrected chi connectivity index (χ0v) is 14.5. The highest BCUT2D eigenvalue weighted by Gasteiger charge is 2.39. The number of carbonyl (C=O) groups excluding carboxylic acids is 1. The molecule has 8 heteroatoms. The topological polar surface area (TPSA) is 126 Å². The third kappa shape index (κ3) is 2.90. The van der Waals surface area contributed by atoms with Crippen LogP contribution in [0.1, 0.15) is 25.3 Å². The lowest BCUT2D eigenvalue weighted by atomic mass is 9.82. The second-order valence-electron chi connectivity index (χ2n) is 4.95. The van der Waals surface area contributed by atoms with Crippen molar-refractivity contribution in [3.8, 4) is 17.6 Å². The average molecular weight is 395 g/mol. The van der Waals surface area contributed by atoms with E-state index in [9.17, 15) is 20.3 Å². The van der Waals surface area contributed by atoms with Gasteiger partial charge in [0.2, 0.25) is 5.88 Å². The molecule has 1 unspecified atom stereocenters. The number of ether oxygens (including phenoxy) is 2. The van der Waals surface area contributed by atoms with Gasteiger partial charge in [-0.3, -0.25) is 0 Å². The van der Waals surface area contributed by atoms with E-state index in [1.165, 1.54) is 19.1 Å². The summed E-state index contributed by atoms with van der Waals surface area (Å²) < 4.78 is 10.5. The molecule has 0 saturated heterocycles. The quantitative estimate of drug-likeness (QED) is 0.530. The maximum Gasteiger partial charge on any atom is 0.338 e. The Hall–Kier alpha value is -2.66. The van der Waals surface area contributed by atoms with Crippen LogP contribution in [0.3, 0.4) is 0 Å². The van der Waals surface area contributed by atoms with Crippen molar-refractivity contribution < 1.29 is 24.5 Å². The molecule has 4 N–H and O–H groups in total. The third-order valence-electron chi connectivity index (χ3n) is 3.53. The number of halogens is 1. The summed E-state index contributed by atoms with van der Waals surface area (Å²) in [7, 11) is 0. The molecule has 0 amide bonds. The van der Waals surface area contributed by atoms with Crippen LogP contribution >= 0.6 is 15.9 Å². The molecule has 1 aliphatic heterocycles. The SMILES string of the molecule is CCOC(=O)C1=C(C)OC(N)=C(C#N)C1c1c(O)ccc(O)c1Br. The molecule has 0 fully saturated rings. The third-order valence-corrected chi connectivity index (χ3v) is 4.36. The number of carbonyl (C=O) groups is 1. The van der Waals surface area contributed by atoms with E-state index in [2.05, 4.69) is 15.9 Å². The van der Waals surface area contributed by atoms with E-state index in [4.69, 9.17) is 15.2 Å². The highest BCUT2D eigenvalue weighted by molar-refractivity contribution is 9.10. The van der Waals surface area contributed by atoms with Gasteiger partial charge in [0.1, 0.15) is 28.9 Å². The molecular formula is C16H15BrN2O5. The lowest BCUT2D eigenvalue weighted by Gasteiger charge is -2.28. The number of esters is 1. The fraction of sp³-hybridized carbons (Fsp3) is 0.250. The standard InChI is InChI=1S/C16H15BrN2O5/c1-3-23-16(22)11-7(2)24-15(19)8(6-18)12(11)13-9(20)4-5-10(21)14(13)17/h4-5,12,20-21H,3,19H2,1-2H3. The predicted molar refractivity (Wildman–Crippen MR) is 87.5 cm³/mol. The van der Waals surface area contributed by atoms with Crippen molar-refractivity contribution in [2.75, 3.05) is 6.61 Å². The molecule has 2 rings (SSSR count). The summed E-state index contributed by atoms with van der Waals surface area (Å²) in [5.41, 5.74) is 5.86. The van der Waals surface area contributed by atoms with Gasteiger partial charge in [-0.1, -0.05) is 0 Å². The number of allylic oxidation sites excluding steroid dienone is 2. The number of nitrogens with zero attached hydrogens (tertiary/aromatic N) is 1. The number of benzene rings is 1. The van der Waals surface area contributed by atoms with Gasteiger partial charge in [-0.2, -0.15) is 5.26 Å². The van der Waals surface area contributed by atoms with Crippen molar-refractivity contribution in [1.82, 2.24) is 0 Å². The van der Waals surface area contributed by atoms with Crippen LogP contribution < -0.4 is 5.73 Å². The van der Waals surface area contributed by atoms with E-state index in [0.29, 0.717) is 0 Å². The van der Waals surface area contributed by atoms with Crippen molar-refractivity contribution in [2.45, 2.75) is 19.8 Å². The number of phenols is 2. The molecule has 1 aliphatic rings. The zero-order valence-electron chi connectivity index (χ0n) is 13.0. The van der Waals surface area contributed by atoms with Gasteiger partial charge >= 0.3 is 5.97 Å². The summed E-state index contributed by atoms with van der Waals surface area (Å²) in [4.78, 5) is 12.4. The van der Waals surface area contributed by atoms with Gasteiger partial charge in [-0.25, -0.2) is 4.79 Å². The molecule has 1 heterocycles. The molecule has 0 aliphatic carbocycles. The molecule has 1 aromatic rings. The van der Waals surface area contributed by atoms with Gasteiger partial charge < -0.3 is 25.4 Å². The summed E-state index contributed by atoms with van der Waals surface area (Å²) in [6, 6.07) is 4.44. The first kappa shape index (κ1) is 17.7. The Kier molecular flexibility index (Phi) is 5.04. The minimum atomic E-state index is -1.04. The Bertz CT molecular complexity index is 807. The monoisotopic (exact) mass is 394 g/mol. The summed E-state index contributed by atoms with van der Waals surface area (Å²) in [5.74, 6) is -2.14. The molecule has 0 saturated carbocycles. The van der Waals surface area contributed by atoms with E-state index >= 15 is 0 Å². The van der Waals surface area contributed by atoms with Crippen LogP contribution in [0.25, 0.3) is 0 Å². The maximum absolute atomic E-state index is 12.4. The normalized spacial score (nSPS) is 17.3. The van der Waals surface area contributed by atoms with Crippen LogP contribution in [-0.2, 0) is 14.3 Å². The number of hydrogen-bond donors (Lipinski definition) is 3. The Balaban J connectivity index is 2.77. The molecule has 0 bridgehead atoms. The molecule has 24 heavy (non-hydrogen) atoms. The largest absolute Gasteiger partial charge is 0.508 e. The first-order valence-electron chi connectivity index (χ1n) is 6.99. The Morgan fingerprint density at radius 1 is 1.46 bits per heavy atom. The van der Waals surface area contributed by atoms with Crippen molar-refractivity contribution in [2.24, 2.45) is 5.73 Å². The Labute approximate surface area is 146 Å². The van der Waals surface area contributed by atoms with Crippen molar-refractivity contribution in [1.29, 1.82) is 5.26 Å². The van der Waals surface area contributed by atoms with Crippen LogP contribution in [-0.4, -0.2) is 22.8 Å². The van der Waals surface area contributed by atoms with Crippen LogP contribution in [0.15, 0.2) is 39.4 Å². The van der Waals surface area contributed by atoms with Crippen molar-refractivity contribution in [3.63, 3.8) is 0 Å². The number of aromatic hydroxyl groups is 2. The minimum Gasteiger partial charge on any atom is -0.508 e. The van der Waals surface area contributed by atoms with E-state index < -0.39 is 11.9 Å². The second kappa shape index (κ2) is 6.84. The average Bonchev–Trinajstić information content (AvgIpc) is 2.51. The maximum atomic E-state index is 12.4. The van der Waals surface area contributed by atoms with Crippen LogP contribution in [0.4, 0.5) is 0 Å². The number of hydrogen-bond acceptors (Lipinski definition) is 7. The van der Waals surface area contributed by atoms with Crippen LogP contribution in [0.2, 0.25) is 0 Å². The fourth-order valence-electron chi connectivity index (χ4n) is 2.49. The number of phenolic OH excluding ortho intramolecular Hbond substituents is 2. The second-order valence-corrected chi connectivity index (χ2v) is 5.74. The molecule has 0 radical (unpaired) electrons. The molecular weight excluding hydrogens is 380 g/mol. The van der Waals surface area contributed by atoms with Gasteiger partial charge in [-0.05, 0) is 41.9 Å². The highest BCUT2D eigenvalue weighted by Crippen LogP contribution is 2.47. The van der Waals surface area contributed by atoms with E-state index in [1.54, 1.807) is 6.92 Å². The fourth-order valence-corrected chi connectivity index (χ4v) is 3.05. The van der Waals surface area contributed by atoms with Crippen molar-refractivity contribution in [3.05, 3.63) is 45.0 Å². The van der Waals surface area contributed by atoms with Gasteiger partial charge in [0.05, 0.1) is 22.6 Å². The first-order valence-corrected chi connectivity index (χ1v) is 7.78. The van der Waals surface area contributed by atoms with Crippen molar-refractivity contribution >= 4 is 21.9 Å². The van der Waals surface area contributed by atoms with Gasteiger partial charge in [0.25, 0.3) is 0 Å². The number of nitriles is 1. The molecule has 0 aromatic heterocycles. The summed E-state index contributed by atoms with van der Waals surface area (Å²) in [5, 5.41) is 29.6. The van der Waals surface area contributed by atoms with Gasteiger partial charge in [-0.15, -0.1) is 0 Å². The smallest absolute Gasteiger partial charge is 0.338 e. The lowest BCUT2D eigenvalue weighted by Crippen LogP contribution is -2.25. The molecule has 126 valence electrons. The summed E-state index contributed by atoms with van der Waals surface area (Å²) >= 11 is 3.18. The minimum absolute atomic E-state index is 0.0317. The van der Waals surface area contributed by atoms with Gasteiger partial charge in [0.15, 0.2) is 0 Å². The lowest BCUT2D eigenvalue weighted by molar-refractivity contribution is -0.139.